The van der Waals surface area contributed by atoms with E-state index in [0.717, 1.165) is 67.5 Å². The van der Waals surface area contributed by atoms with E-state index < -0.39 is 11.7 Å². The molecule has 0 saturated heterocycles. The molecule has 0 spiro atoms. The van der Waals surface area contributed by atoms with Crippen molar-refractivity contribution in [1.29, 1.82) is 0 Å². The molecule has 0 amide bonds. The van der Waals surface area contributed by atoms with Gasteiger partial charge >= 0.3 is 6.18 Å². The fourth-order valence-corrected chi connectivity index (χ4v) is 4.98. The third kappa shape index (κ3) is 3.79. The van der Waals surface area contributed by atoms with Crippen LogP contribution in [0, 0.1) is 5.92 Å². The molecule has 0 fully saturated rings. The predicted molar refractivity (Wildman–Crippen MR) is 114 cm³/mol. The summed E-state index contributed by atoms with van der Waals surface area (Å²) in [5.41, 5.74) is 5.18. The van der Waals surface area contributed by atoms with Crippen LogP contribution in [0.15, 0.2) is 54.6 Å². The number of H-pyrrole nitrogens is 1. The van der Waals surface area contributed by atoms with Gasteiger partial charge < -0.3 is 4.98 Å². The van der Waals surface area contributed by atoms with E-state index in [4.69, 9.17) is 0 Å². The van der Waals surface area contributed by atoms with E-state index >= 15 is 0 Å². The van der Waals surface area contributed by atoms with Crippen molar-refractivity contribution in [3.05, 3.63) is 77.0 Å². The fourth-order valence-electron chi connectivity index (χ4n) is 4.98. The highest BCUT2D eigenvalue weighted by Gasteiger charge is 2.32. The summed E-state index contributed by atoms with van der Waals surface area (Å²) in [6, 6.07) is 14.6. The van der Waals surface area contributed by atoms with Gasteiger partial charge in [-0.05, 0) is 66.5 Å². The second kappa shape index (κ2) is 7.62. The van der Waals surface area contributed by atoms with Gasteiger partial charge in [0.2, 0.25) is 0 Å². The lowest BCUT2D eigenvalue weighted by Gasteiger charge is -2.32. The third-order valence-corrected chi connectivity index (χ3v) is 6.57. The Morgan fingerprint density at radius 2 is 1.87 bits per heavy atom. The minimum atomic E-state index is -4.30. The lowest BCUT2D eigenvalue weighted by atomic mass is 9.85. The first-order valence-electron chi connectivity index (χ1n) is 10.6. The SMILES string of the molecule is FC(F)(F)c1ccc2[nH]c3c(c2c1)CC(CN1CC=C(c2ccccc2)CC1)CC3. The van der Waals surface area contributed by atoms with Gasteiger partial charge in [-0.3, -0.25) is 4.90 Å². The molecule has 1 N–H and O–H groups in total. The van der Waals surface area contributed by atoms with Gasteiger partial charge in [0.1, 0.15) is 0 Å². The number of rotatable bonds is 3. The maximum Gasteiger partial charge on any atom is 0.416 e. The van der Waals surface area contributed by atoms with E-state index in [1.807, 2.05) is 6.07 Å². The molecule has 2 aliphatic rings. The molecule has 0 saturated carbocycles. The van der Waals surface area contributed by atoms with Gasteiger partial charge in [-0.1, -0.05) is 36.4 Å². The minimum Gasteiger partial charge on any atom is -0.358 e. The maximum atomic E-state index is 13.2. The molecule has 0 bridgehead atoms. The average molecular weight is 410 g/mol. The number of fused-ring (bicyclic) bond motifs is 3. The number of hydrogen-bond donors (Lipinski definition) is 1. The average Bonchev–Trinajstić information content (AvgIpc) is 3.12. The van der Waals surface area contributed by atoms with E-state index in [1.165, 1.54) is 23.3 Å². The van der Waals surface area contributed by atoms with Crippen molar-refractivity contribution in [1.82, 2.24) is 9.88 Å². The first kappa shape index (κ1) is 19.4. The summed E-state index contributed by atoms with van der Waals surface area (Å²) in [7, 11) is 0. The molecular weight excluding hydrogens is 385 g/mol. The molecule has 2 nitrogen and oxygen atoms in total. The summed E-state index contributed by atoms with van der Waals surface area (Å²) in [5, 5.41) is 0.745. The predicted octanol–water partition coefficient (Wildman–Crippen LogP) is 6.08. The quantitative estimate of drug-likeness (QED) is 0.554. The van der Waals surface area contributed by atoms with Gasteiger partial charge in [0.15, 0.2) is 0 Å². The number of benzene rings is 2. The zero-order chi connectivity index (χ0) is 20.7. The molecule has 1 unspecified atom stereocenters. The summed E-state index contributed by atoms with van der Waals surface area (Å²) in [5.74, 6) is 0.484. The molecule has 0 radical (unpaired) electrons. The van der Waals surface area contributed by atoms with Crippen LogP contribution in [0.4, 0.5) is 13.2 Å². The van der Waals surface area contributed by atoms with Crippen LogP contribution in [-0.4, -0.2) is 29.5 Å². The topological polar surface area (TPSA) is 19.0 Å². The van der Waals surface area contributed by atoms with E-state index in [9.17, 15) is 13.2 Å². The summed E-state index contributed by atoms with van der Waals surface area (Å²) < 4.78 is 39.5. The molecule has 1 aromatic heterocycles. The molecule has 156 valence electrons. The van der Waals surface area contributed by atoms with Crippen LogP contribution in [0.5, 0.6) is 0 Å². The van der Waals surface area contributed by atoms with Crippen molar-refractivity contribution >= 4 is 16.5 Å². The van der Waals surface area contributed by atoms with Crippen LogP contribution in [-0.2, 0) is 19.0 Å². The Labute approximate surface area is 174 Å². The Morgan fingerprint density at radius 3 is 2.60 bits per heavy atom. The Morgan fingerprint density at radius 1 is 1.03 bits per heavy atom. The molecule has 1 aliphatic heterocycles. The fraction of sp³-hybridized carbons (Fsp3) is 0.360. The number of nitrogens with one attached hydrogen (secondary N) is 1. The third-order valence-electron chi connectivity index (χ3n) is 6.57. The summed E-state index contributed by atoms with van der Waals surface area (Å²) in [6.07, 6.45) is 1.91. The Bertz CT molecular complexity index is 1080. The number of aryl methyl sites for hydroxylation is 1. The van der Waals surface area contributed by atoms with Crippen molar-refractivity contribution < 1.29 is 13.2 Å². The largest absolute Gasteiger partial charge is 0.416 e. The maximum absolute atomic E-state index is 13.2. The van der Waals surface area contributed by atoms with Crippen LogP contribution >= 0.6 is 0 Å². The number of aromatic nitrogens is 1. The van der Waals surface area contributed by atoms with Gasteiger partial charge in [0.05, 0.1) is 5.56 Å². The van der Waals surface area contributed by atoms with Crippen molar-refractivity contribution in [2.24, 2.45) is 5.92 Å². The van der Waals surface area contributed by atoms with E-state index in [-0.39, 0.29) is 0 Å². The van der Waals surface area contributed by atoms with Crippen LogP contribution < -0.4 is 0 Å². The van der Waals surface area contributed by atoms with Crippen LogP contribution in [0.1, 0.15) is 35.2 Å². The first-order valence-corrected chi connectivity index (χ1v) is 10.6. The Kier molecular flexibility index (Phi) is 4.94. The molecule has 5 rings (SSSR count). The number of aromatic amines is 1. The zero-order valence-corrected chi connectivity index (χ0v) is 16.8. The molecular formula is C25H25F3N2. The highest BCUT2D eigenvalue weighted by molar-refractivity contribution is 5.85. The summed E-state index contributed by atoms with van der Waals surface area (Å²) in [4.78, 5) is 5.84. The molecule has 2 heterocycles. The number of nitrogens with zero attached hydrogens (tertiary/aromatic N) is 1. The molecule has 5 heteroatoms. The smallest absolute Gasteiger partial charge is 0.358 e. The number of halogens is 3. The lowest BCUT2D eigenvalue weighted by molar-refractivity contribution is -0.137. The van der Waals surface area contributed by atoms with Crippen molar-refractivity contribution in [3.8, 4) is 0 Å². The first-order chi connectivity index (χ1) is 14.5. The molecule has 1 atom stereocenters. The second-order valence-corrected chi connectivity index (χ2v) is 8.55. The highest BCUT2D eigenvalue weighted by atomic mass is 19.4. The summed E-state index contributed by atoms with van der Waals surface area (Å²) >= 11 is 0. The lowest BCUT2D eigenvalue weighted by Crippen LogP contribution is -2.35. The number of alkyl halides is 3. The van der Waals surface area contributed by atoms with Crippen LogP contribution in [0.25, 0.3) is 16.5 Å². The Balaban J connectivity index is 1.30. The van der Waals surface area contributed by atoms with Gasteiger partial charge in [0, 0.05) is 36.2 Å². The molecule has 2 aromatic carbocycles. The van der Waals surface area contributed by atoms with Gasteiger partial charge in [-0.25, -0.2) is 0 Å². The standard InChI is InChI=1S/C25H25F3N2/c26-25(27,28)20-7-9-24-22(15-20)21-14-17(6-8-23(21)29-24)16-30-12-10-19(11-13-30)18-4-2-1-3-5-18/h1-5,7,9-10,15,17,29H,6,8,11-14,16H2. The van der Waals surface area contributed by atoms with Gasteiger partial charge in [0.25, 0.3) is 0 Å². The minimum absolute atomic E-state index is 0.484. The normalized spacial score (nSPS) is 20.2. The molecule has 1 aliphatic carbocycles. The van der Waals surface area contributed by atoms with Crippen LogP contribution in [0.2, 0.25) is 0 Å². The second-order valence-electron chi connectivity index (χ2n) is 8.55. The van der Waals surface area contributed by atoms with Gasteiger partial charge in [-0.2, -0.15) is 13.2 Å². The van der Waals surface area contributed by atoms with Crippen molar-refractivity contribution in [2.75, 3.05) is 19.6 Å². The highest BCUT2D eigenvalue weighted by Crippen LogP contribution is 2.36. The summed E-state index contributed by atoms with van der Waals surface area (Å²) in [6.45, 7) is 2.99. The van der Waals surface area contributed by atoms with E-state index in [2.05, 4.69) is 40.2 Å². The van der Waals surface area contributed by atoms with E-state index in [0.29, 0.717) is 5.92 Å². The van der Waals surface area contributed by atoms with Crippen molar-refractivity contribution in [3.63, 3.8) is 0 Å². The zero-order valence-electron chi connectivity index (χ0n) is 16.8. The monoisotopic (exact) mass is 410 g/mol. The molecule has 3 aromatic rings. The number of hydrogen-bond acceptors (Lipinski definition) is 1. The van der Waals surface area contributed by atoms with Crippen molar-refractivity contribution in [2.45, 2.75) is 31.9 Å². The van der Waals surface area contributed by atoms with Gasteiger partial charge in [-0.15, -0.1) is 0 Å². The Hall–Kier alpha value is -2.53. The van der Waals surface area contributed by atoms with E-state index in [1.54, 1.807) is 6.07 Å². The van der Waals surface area contributed by atoms with Crippen LogP contribution in [0.3, 0.4) is 0 Å². The molecule has 30 heavy (non-hydrogen) atoms.